The number of benzene rings is 1. The van der Waals surface area contributed by atoms with Gasteiger partial charge < -0.3 is 14.4 Å². The summed E-state index contributed by atoms with van der Waals surface area (Å²) >= 11 is 1.77. The summed E-state index contributed by atoms with van der Waals surface area (Å²) in [6.45, 7) is 4.37. The highest BCUT2D eigenvalue weighted by Gasteiger charge is 2.43. The number of thiophene rings is 1. The highest BCUT2D eigenvalue weighted by Crippen LogP contribution is 2.28. The van der Waals surface area contributed by atoms with Crippen molar-refractivity contribution in [1.29, 1.82) is 0 Å². The van der Waals surface area contributed by atoms with Gasteiger partial charge in [0.15, 0.2) is 0 Å². The molecule has 1 unspecified atom stereocenters. The van der Waals surface area contributed by atoms with Gasteiger partial charge in [-0.15, -0.1) is 11.3 Å². The van der Waals surface area contributed by atoms with Gasteiger partial charge in [-0.25, -0.2) is 0 Å². The largest absolute Gasteiger partial charge is 0.377 e. The van der Waals surface area contributed by atoms with Gasteiger partial charge in [0.05, 0.1) is 19.8 Å². The van der Waals surface area contributed by atoms with E-state index in [4.69, 9.17) is 9.47 Å². The Bertz CT molecular complexity index is 707. The lowest BCUT2D eigenvalue weighted by Gasteiger charge is -2.43. The molecule has 1 spiro atoms. The summed E-state index contributed by atoms with van der Waals surface area (Å²) in [5, 5.41) is 2.10. The molecule has 0 bridgehead atoms. The molecule has 2 fully saturated rings. The van der Waals surface area contributed by atoms with Crippen molar-refractivity contribution in [2.45, 2.75) is 12.1 Å². The van der Waals surface area contributed by atoms with Crippen molar-refractivity contribution in [1.82, 2.24) is 4.90 Å². The molecule has 4 rings (SSSR count). The number of hydrogen-bond acceptors (Lipinski definition) is 5. The maximum atomic E-state index is 12.4. The van der Waals surface area contributed by atoms with Gasteiger partial charge in [-0.1, -0.05) is 24.3 Å². The molecule has 5 nitrogen and oxygen atoms in total. The number of rotatable bonds is 3. The topological polar surface area (TPSA) is 42.0 Å². The maximum absolute atomic E-state index is 12.4. The minimum absolute atomic E-state index is 0.00544. The summed E-state index contributed by atoms with van der Waals surface area (Å²) < 4.78 is 11.9. The zero-order valence-electron chi connectivity index (χ0n) is 14.1. The van der Waals surface area contributed by atoms with Gasteiger partial charge in [-0.05, 0) is 23.6 Å². The summed E-state index contributed by atoms with van der Waals surface area (Å²) in [6, 6.07) is 14.0. The molecular weight excluding hydrogens is 336 g/mol. The Hall–Kier alpha value is -1.73. The van der Waals surface area contributed by atoms with Crippen LogP contribution >= 0.6 is 11.3 Å². The molecule has 1 atom stereocenters. The summed E-state index contributed by atoms with van der Waals surface area (Å²) in [5.74, 6) is 0.00544. The maximum Gasteiger partial charge on any atom is 0.253 e. The fraction of sp³-hybridized carbons (Fsp3) is 0.421. The number of anilines is 1. The van der Waals surface area contributed by atoms with Crippen LogP contribution in [-0.4, -0.2) is 55.9 Å². The second-order valence-corrected chi connectivity index (χ2v) is 7.66. The second-order valence-electron chi connectivity index (χ2n) is 6.63. The van der Waals surface area contributed by atoms with Crippen LogP contribution in [0.4, 0.5) is 5.69 Å². The van der Waals surface area contributed by atoms with Crippen molar-refractivity contribution in [3.63, 3.8) is 0 Å². The minimum Gasteiger partial charge on any atom is -0.377 e. The molecule has 1 amide bonds. The molecule has 2 aromatic rings. The SMILES string of the molecule is O=C1COC2(COCCN(Cc3cccs3)C2)CN1c1ccccc1. The number of para-hydroxylation sites is 1. The van der Waals surface area contributed by atoms with E-state index in [1.165, 1.54) is 4.88 Å². The fourth-order valence-electron chi connectivity index (χ4n) is 3.48. The summed E-state index contributed by atoms with van der Waals surface area (Å²) in [7, 11) is 0. The van der Waals surface area contributed by atoms with E-state index in [1.807, 2.05) is 35.2 Å². The van der Waals surface area contributed by atoms with Crippen LogP contribution in [0.25, 0.3) is 0 Å². The standard InChI is InChI=1S/C19H22N2O3S/c22-18-12-24-19(14-21(18)16-5-2-1-3-6-16)13-20(8-9-23-15-19)11-17-7-4-10-25-17/h1-7,10H,8-9,11-15H2. The van der Waals surface area contributed by atoms with Gasteiger partial charge in [0, 0.05) is 30.2 Å². The number of hydrogen-bond donors (Lipinski definition) is 0. The second kappa shape index (κ2) is 7.25. The Balaban J connectivity index is 1.53. The predicted octanol–water partition coefficient (Wildman–Crippen LogP) is 2.38. The first-order valence-electron chi connectivity index (χ1n) is 8.56. The predicted molar refractivity (Wildman–Crippen MR) is 97.9 cm³/mol. The number of morpholine rings is 1. The number of carbonyl (C=O) groups is 1. The van der Waals surface area contributed by atoms with E-state index in [-0.39, 0.29) is 12.5 Å². The molecule has 132 valence electrons. The molecular formula is C19H22N2O3S. The Labute approximate surface area is 151 Å². The zero-order chi connectivity index (χ0) is 17.1. The van der Waals surface area contributed by atoms with Crippen LogP contribution in [0.1, 0.15) is 4.88 Å². The normalized spacial score (nSPS) is 25.3. The number of carbonyl (C=O) groups excluding carboxylic acids is 1. The van der Waals surface area contributed by atoms with E-state index in [0.29, 0.717) is 19.8 Å². The van der Waals surface area contributed by atoms with Crippen LogP contribution in [0.5, 0.6) is 0 Å². The van der Waals surface area contributed by atoms with Gasteiger partial charge in [-0.2, -0.15) is 0 Å². The molecule has 0 saturated carbocycles. The first kappa shape index (κ1) is 16.7. The Morgan fingerprint density at radius 1 is 1.12 bits per heavy atom. The van der Waals surface area contributed by atoms with Crippen LogP contribution < -0.4 is 4.90 Å². The van der Waals surface area contributed by atoms with Crippen molar-refractivity contribution >= 4 is 22.9 Å². The summed E-state index contributed by atoms with van der Waals surface area (Å²) in [6.07, 6.45) is 0. The molecule has 2 aliphatic rings. The van der Waals surface area contributed by atoms with Gasteiger partial charge in [0.1, 0.15) is 12.2 Å². The Morgan fingerprint density at radius 3 is 2.80 bits per heavy atom. The van der Waals surface area contributed by atoms with Crippen LogP contribution in [0.2, 0.25) is 0 Å². The monoisotopic (exact) mass is 358 g/mol. The molecule has 25 heavy (non-hydrogen) atoms. The molecule has 1 aromatic heterocycles. The minimum atomic E-state index is -0.475. The zero-order valence-corrected chi connectivity index (χ0v) is 14.9. The molecule has 0 N–H and O–H groups in total. The average Bonchev–Trinajstić information content (AvgIpc) is 3.07. The lowest BCUT2D eigenvalue weighted by atomic mass is 10.0. The molecule has 2 aliphatic heterocycles. The summed E-state index contributed by atoms with van der Waals surface area (Å²) in [5.41, 5.74) is 0.446. The molecule has 1 aromatic carbocycles. The van der Waals surface area contributed by atoms with Gasteiger partial charge in [-0.3, -0.25) is 9.69 Å². The van der Waals surface area contributed by atoms with E-state index < -0.39 is 5.60 Å². The first-order valence-corrected chi connectivity index (χ1v) is 9.44. The highest BCUT2D eigenvalue weighted by atomic mass is 32.1. The van der Waals surface area contributed by atoms with Crippen molar-refractivity contribution < 1.29 is 14.3 Å². The quantitative estimate of drug-likeness (QED) is 0.845. The number of ether oxygens (including phenoxy) is 2. The third-order valence-electron chi connectivity index (χ3n) is 4.71. The lowest BCUT2D eigenvalue weighted by Crippen LogP contribution is -2.60. The molecule has 3 heterocycles. The third kappa shape index (κ3) is 3.77. The fourth-order valence-corrected chi connectivity index (χ4v) is 4.23. The first-order chi connectivity index (χ1) is 12.2. The number of nitrogens with zero attached hydrogens (tertiary/aromatic N) is 2. The van der Waals surface area contributed by atoms with Crippen molar-refractivity contribution in [2.24, 2.45) is 0 Å². The Morgan fingerprint density at radius 2 is 2.00 bits per heavy atom. The van der Waals surface area contributed by atoms with E-state index in [0.717, 1.165) is 25.3 Å². The Kier molecular flexibility index (Phi) is 4.85. The van der Waals surface area contributed by atoms with Crippen molar-refractivity contribution in [3.8, 4) is 0 Å². The van der Waals surface area contributed by atoms with Crippen molar-refractivity contribution in [2.75, 3.05) is 44.4 Å². The molecule has 0 aliphatic carbocycles. The van der Waals surface area contributed by atoms with Crippen LogP contribution in [0.15, 0.2) is 47.8 Å². The van der Waals surface area contributed by atoms with Gasteiger partial charge in [0.25, 0.3) is 5.91 Å². The van der Waals surface area contributed by atoms with E-state index in [2.05, 4.69) is 22.4 Å². The van der Waals surface area contributed by atoms with E-state index in [1.54, 1.807) is 11.3 Å². The van der Waals surface area contributed by atoms with Crippen LogP contribution in [0.3, 0.4) is 0 Å². The van der Waals surface area contributed by atoms with E-state index in [9.17, 15) is 4.79 Å². The van der Waals surface area contributed by atoms with Crippen LogP contribution in [0, 0.1) is 0 Å². The van der Waals surface area contributed by atoms with E-state index >= 15 is 0 Å². The summed E-state index contributed by atoms with van der Waals surface area (Å²) in [4.78, 5) is 17.9. The number of amides is 1. The smallest absolute Gasteiger partial charge is 0.253 e. The van der Waals surface area contributed by atoms with Crippen molar-refractivity contribution in [3.05, 3.63) is 52.7 Å². The van der Waals surface area contributed by atoms with Gasteiger partial charge in [0.2, 0.25) is 0 Å². The molecule has 6 heteroatoms. The molecule has 2 saturated heterocycles. The molecule has 0 radical (unpaired) electrons. The average molecular weight is 358 g/mol. The lowest BCUT2D eigenvalue weighted by molar-refractivity contribution is -0.146. The highest BCUT2D eigenvalue weighted by molar-refractivity contribution is 7.09. The van der Waals surface area contributed by atoms with Gasteiger partial charge >= 0.3 is 0 Å². The van der Waals surface area contributed by atoms with Crippen LogP contribution in [-0.2, 0) is 20.8 Å². The third-order valence-corrected chi connectivity index (χ3v) is 5.57.